The normalized spacial score (nSPS) is 19.7. The van der Waals surface area contributed by atoms with E-state index in [4.69, 9.17) is 0 Å². The molecule has 2 unspecified atom stereocenters. The molecule has 0 aliphatic carbocycles. The van der Waals surface area contributed by atoms with Crippen LogP contribution in [0.5, 0.6) is 0 Å². The van der Waals surface area contributed by atoms with E-state index in [-0.39, 0.29) is 17.9 Å². The first-order valence-corrected chi connectivity index (χ1v) is 7.39. The number of rotatable bonds is 4. The zero-order chi connectivity index (χ0) is 14.5. The predicted molar refractivity (Wildman–Crippen MR) is 81.7 cm³/mol. The van der Waals surface area contributed by atoms with E-state index in [0.29, 0.717) is 13.0 Å². The number of hydrogen-bond acceptors (Lipinski definition) is 3. The molecule has 1 aliphatic heterocycles. The highest BCUT2D eigenvalue weighted by Gasteiger charge is 2.35. The van der Waals surface area contributed by atoms with E-state index < -0.39 is 5.25 Å². The van der Waals surface area contributed by atoms with Crippen molar-refractivity contribution in [3.8, 4) is 0 Å². The van der Waals surface area contributed by atoms with Crippen molar-refractivity contribution in [3.05, 3.63) is 35.9 Å². The molecule has 1 N–H and O–H groups in total. The summed E-state index contributed by atoms with van der Waals surface area (Å²) in [5.41, 5.74) is 1.08. The van der Waals surface area contributed by atoms with Gasteiger partial charge in [0.25, 0.3) is 0 Å². The van der Waals surface area contributed by atoms with Gasteiger partial charge in [0.2, 0.25) is 11.8 Å². The third-order valence-electron chi connectivity index (χ3n) is 3.64. The molecule has 1 aromatic carbocycles. The van der Waals surface area contributed by atoms with Gasteiger partial charge in [0.05, 0.1) is 5.25 Å². The highest BCUT2D eigenvalue weighted by molar-refractivity contribution is 7.81. The minimum absolute atomic E-state index is 0.0525. The molecule has 0 bridgehead atoms. The zero-order valence-corrected chi connectivity index (χ0v) is 12.5. The molecule has 2 amide bonds. The fourth-order valence-electron chi connectivity index (χ4n) is 2.59. The van der Waals surface area contributed by atoms with E-state index in [1.165, 1.54) is 0 Å². The Morgan fingerprint density at radius 1 is 1.40 bits per heavy atom. The SMILES string of the molecule is CNC(=O)C1CCCN1C(=O)C(S)Cc1ccccc1. The first kappa shape index (κ1) is 14.9. The minimum atomic E-state index is -0.400. The third kappa shape index (κ3) is 3.33. The summed E-state index contributed by atoms with van der Waals surface area (Å²) in [7, 11) is 1.60. The Hall–Kier alpha value is -1.49. The molecule has 1 aliphatic rings. The second kappa shape index (κ2) is 6.79. The van der Waals surface area contributed by atoms with Crippen LogP contribution < -0.4 is 5.32 Å². The van der Waals surface area contributed by atoms with Crippen molar-refractivity contribution >= 4 is 24.4 Å². The number of amides is 2. The maximum atomic E-state index is 12.4. The van der Waals surface area contributed by atoms with E-state index in [9.17, 15) is 9.59 Å². The number of likely N-dealkylation sites (N-methyl/N-ethyl adjacent to an activating group) is 1. The summed E-state index contributed by atoms with van der Waals surface area (Å²) in [6.45, 7) is 0.642. The van der Waals surface area contributed by atoms with Crippen molar-refractivity contribution in [1.82, 2.24) is 10.2 Å². The Morgan fingerprint density at radius 3 is 2.75 bits per heavy atom. The molecule has 1 saturated heterocycles. The highest BCUT2D eigenvalue weighted by atomic mass is 32.1. The lowest BCUT2D eigenvalue weighted by Gasteiger charge is -2.26. The smallest absolute Gasteiger partial charge is 0.242 e. The Balaban J connectivity index is 2.01. The summed E-state index contributed by atoms with van der Waals surface area (Å²) >= 11 is 4.43. The van der Waals surface area contributed by atoms with E-state index in [0.717, 1.165) is 18.4 Å². The number of carbonyl (C=O) groups is 2. The molecule has 1 fully saturated rings. The molecule has 2 rings (SSSR count). The Morgan fingerprint density at radius 2 is 2.10 bits per heavy atom. The van der Waals surface area contributed by atoms with Gasteiger partial charge in [-0.05, 0) is 24.8 Å². The lowest BCUT2D eigenvalue weighted by Crippen LogP contribution is -2.47. The molecule has 20 heavy (non-hydrogen) atoms. The van der Waals surface area contributed by atoms with Gasteiger partial charge in [0.1, 0.15) is 6.04 Å². The van der Waals surface area contributed by atoms with E-state index in [2.05, 4.69) is 17.9 Å². The summed E-state index contributed by atoms with van der Waals surface area (Å²) in [5, 5.41) is 2.22. The van der Waals surface area contributed by atoms with Gasteiger partial charge in [-0.15, -0.1) is 0 Å². The van der Waals surface area contributed by atoms with Crippen LogP contribution in [0.25, 0.3) is 0 Å². The number of nitrogens with one attached hydrogen (secondary N) is 1. The summed E-state index contributed by atoms with van der Waals surface area (Å²) < 4.78 is 0. The van der Waals surface area contributed by atoms with Gasteiger partial charge in [-0.2, -0.15) is 12.6 Å². The van der Waals surface area contributed by atoms with E-state index in [1.54, 1.807) is 11.9 Å². The fourth-order valence-corrected chi connectivity index (χ4v) is 2.94. The molecule has 0 saturated carbocycles. The average Bonchev–Trinajstić information content (AvgIpc) is 2.96. The Bertz CT molecular complexity index is 478. The van der Waals surface area contributed by atoms with Crippen LogP contribution in [0.3, 0.4) is 0 Å². The number of hydrogen-bond donors (Lipinski definition) is 2. The highest BCUT2D eigenvalue weighted by Crippen LogP contribution is 2.21. The third-order valence-corrected chi connectivity index (χ3v) is 4.05. The molecular weight excluding hydrogens is 272 g/mol. The molecule has 2 atom stereocenters. The zero-order valence-electron chi connectivity index (χ0n) is 11.6. The van der Waals surface area contributed by atoms with Crippen molar-refractivity contribution in [2.24, 2.45) is 0 Å². The number of likely N-dealkylation sites (tertiary alicyclic amines) is 1. The van der Waals surface area contributed by atoms with Crippen molar-refractivity contribution < 1.29 is 9.59 Å². The van der Waals surface area contributed by atoms with Gasteiger partial charge < -0.3 is 10.2 Å². The predicted octanol–water partition coefficient (Wildman–Crippen LogP) is 1.26. The summed E-state index contributed by atoms with van der Waals surface area (Å²) in [5.74, 6) is -0.139. The second-order valence-corrected chi connectivity index (χ2v) is 5.63. The number of carbonyl (C=O) groups excluding carboxylic acids is 2. The maximum absolute atomic E-state index is 12.4. The monoisotopic (exact) mass is 292 g/mol. The topological polar surface area (TPSA) is 49.4 Å². The van der Waals surface area contributed by atoms with Gasteiger partial charge >= 0.3 is 0 Å². The lowest BCUT2D eigenvalue weighted by molar-refractivity contribution is -0.137. The van der Waals surface area contributed by atoms with Crippen LogP contribution >= 0.6 is 12.6 Å². The van der Waals surface area contributed by atoms with Crippen LogP contribution in [0.4, 0.5) is 0 Å². The molecule has 0 aromatic heterocycles. The first-order valence-electron chi connectivity index (χ1n) is 6.87. The minimum Gasteiger partial charge on any atom is -0.357 e. The van der Waals surface area contributed by atoms with Crippen molar-refractivity contribution in [1.29, 1.82) is 0 Å². The molecular formula is C15H20N2O2S. The Labute approximate surface area is 124 Å². The van der Waals surface area contributed by atoms with Crippen LogP contribution in [0.1, 0.15) is 18.4 Å². The van der Waals surface area contributed by atoms with Gasteiger partial charge in [0.15, 0.2) is 0 Å². The van der Waals surface area contributed by atoms with Crippen molar-refractivity contribution in [3.63, 3.8) is 0 Å². The summed E-state index contributed by atoms with van der Waals surface area (Å²) in [4.78, 5) is 25.9. The average molecular weight is 292 g/mol. The standard InChI is InChI=1S/C15H20N2O2S/c1-16-14(18)12-8-5-9-17(12)15(19)13(20)10-11-6-3-2-4-7-11/h2-4,6-7,12-13,20H,5,8-10H2,1H3,(H,16,18). The van der Waals surface area contributed by atoms with Crippen LogP contribution in [0, 0.1) is 0 Å². The molecule has 1 aromatic rings. The van der Waals surface area contributed by atoms with Gasteiger partial charge in [-0.1, -0.05) is 30.3 Å². The molecule has 4 nitrogen and oxygen atoms in total. The van der Waals surface area contributed by atoms with E-state index >= 15 is 0 Å². The van der Waals surface area contributed by atoms with Gasteiger partial charge in [-0.25, -0.2) is 0 Å². The largest absolute Gasteiger partial charge is 0.357 e. The second-order valence-electron chi connectivity index (χ2n) is 5.01. The molecule has 5 heteroatoms. The molecule has 108 valence electrons. The molecule has 0 spiro atoms. The first-order chi connectivity index (χ1) is 9.63. The number of benzene rings is 1. The van der Waals surface area contributed by atoms with Gasteiger partial charge in [-0.3, -0.25) is 9.59 Å². The number of nitrogens with zero attached hydrogens (tertiary/aromatic N) is 1. The molecule has 0 radical (unpaired) electrons. The quantitative estimate of drug-likeness (QED) is 0.821. The summed E-state index contributed by atoms with van der Waals surface area (Å²) in [6, 6.07) is 9.47. The fraction of sp³-hybridized carbons (Fsp3) is 0.467. The lowest BCUT2D eigenvalue weighted by atomic mass is 10.1. The summed E-state index contributed by atoms with van der Waals surface area (Å²) in [6.07, 6.45) is 2.19. The number of thiol groups is 1. The van der Waals surface area contributed by atoms with E-state index in [1.807, 2.05) is 30.3 Å². The van der Waals surface area contributed by atoms with Crippen LogP contribution in [-0.4, -0.2) is 41.6 Å². The van der Waals surface area contributed by atoms with Crippen LogP contribution in [0.15, 0.2) is 30.3 Å². The van der Waals surface area contributed by atoms with Crippen LogP contribution in [-0.2, 0) is 16.0 Å². The van der Waals surface area contributed by atoms with Crippen LogP contribution in [0.2, 0.25) is 0 Å². The maximum Gasteiger partial charge on any atom is 0.242 e. The van der Waals surface area contributed by atoms with Gasteiger partial charge in [0, 0.05) is 13.6 Å². The molecule has 1 heterocycles. The Kier molecular flexibility index (Phi) is 5.06. The van der Waals surface area contributed by atoms with Crippen molar-refractivity contribution in [2.75, 3.05) is 13.6 Å². The van der Waals surface area contributed by atoms with Crippen molar-refractivity contribution in [2.45, 2.75) is 30.6 Å².